The van der Waals surface area contributed by atoms with E-state index in [9.17, 15) is 4.79 Å². The lowest BCUT2D eigenvalue weighted by Gasteiger charge is -2.29. The Morgan fingerprint density at radius 1 is 1.38 bits per heavy atom. The number of nitrogens with one attached hydrogen (secondary N) is 1. The van der Waals surface area contributed by atoms with Crippen LogP contribution >= 0.6 is 11.6 Å². The highest BCUT2D eigenvalue weighted by Crippen LogP contribution is 2.30. The number of carbonyl (C=O) groups is 1. The number of rotatable bonds is 3. The highest BCUT2D eigenvalue weighted by Gasteiger charge is 2.32. The molecule has 0 aliphatic carbocycles. The molecule has 1 aliphatic rings. The van der Waals surface area contributed by atoms with E-state index in [-0.39, 0.29) is 16.7 Å². The molecule has 1 N–H and O–H groups in total. The first-order valence-electron chi connectivity index (χ1n) is 8.85. The van der Waals surface area contributed by atoms with Crippen LogP contribution in [0.3, 0.4) is 0 Å². The zero-order valence-corrected chi connectivity index (χ0v) is 16.4. The molecule has 7 heteroatoms. The van der Waals surface area contributed by atoms with E-state index in [4.69, 9.17) is 16.3 Å². The molecule has 26 heavy (non-hydrogen) atoms. The van der Waals surface area contributed by atoms with E-state index in [2.05, 4.69) is 15.3 Å². The monoisotopic (exact) mass is 376 g/mol. The van der Waals surface area contributed by atoms with Crippen molar-refractivity contribution in [3.63, 3.8) is 0 Å². The second-order valence-electron chi connectivity index (χ2n) is 7.97. The van der Waals surface area contributed by atoms with Gasteiger partial charge in [0.15, 0.2) is 5.82 Å². The van der Waals surface area contributed by atoms with Gasteiger partial charge in [-0.25, -0.2) is 9.78 Å². The van der Waals surface area contributed by atoms with Gasteiger partial charge in [-0.05, 0) is 54.6 Å². The molecular formula is C19H25ClN4O2. The van der Waals surface area contributed by atoms with E-state index < -0.39 is 6.09 Å². The fourth-order valence-electron chi connectivity index (χ4n) is 2.99. The smallest absolute Gasteiger partial charge is 0.415 e. The number of hydrogen-bond donors (Lipinski definition) is 1. The molecule has 1 amide bonds. The Morgan fingerprint density at radius 3 is 2.81 bits per heavy atom. The Labute approximate surface area is 158 Å². The fraction of sp³-hybridized carbons (Fsp3) is 0.526. The van der Waals surface area contributed by atoms with Gasteiger partial charge in [0, 0.05) is 11.9 Å². The van der Waals surface area contributed by atoms with E-state index in [1.165, 1.54) is 0 Å². The van der Waals surface area contributed by atoms with E-state index in [1.807, 2.05) is 45.9 Å². The second kappa shape index (κ2) is 7.37. The Bertz CT molecular complexity index is 808. The van der Waals surface area contributed by atoms with Gasteiger partial charge in [0.1, 0.15) is 0 Å². The molecule has 1 aromatic carbocycles. The van der Waals surface area contributed by atoms with E-state index in [0.29, 0.717) is 19.0 Å². The molecule has 0 unspecified atom stereocenters. The topological polar surface area (TPSA) is 67.3 Å². The van der Waals surface area contributed by atoms with Crippen molar-refractivity contribution in [1.29, 1.82) is 0 Å². The van der Waals surface area contributed by atoms with Gasteiger partial charge in [-0.2, -0.15) is 4.98 Å². The SMILES string of the molecule is Cc1ccc2c(N(C(=O)OCC(C)(C)C)[C@@H]3CCNC3)nc(Cl)nc2c1. The predicted molar refractivity (Wildman–Crippen MR) is 104 cm³/mol. The first kappa shape index (κ1) is 18.9. The molecule has 1 fully saturated rings. The number of nitrogens with zero attached hydrogens (tertiary/aromatic N) is 3. The third-order valence-electron chi connectivity index (χ3n) is 4.26. The van der Waals surface area contributed by atoms with Crippen LogP contribution in [-0.4, -0.2) is 41.8 Å². The second-order valence-corrected chi connectivity index (χ2v) is 8.31. The van der Waals surface area contributed by atoms with Gasteiger partial charge < -0.3 is 10.1 Å². The summed E-state index contributed by atoms with van der Waals surface area (Å²) in [5.41, 5.74) is 1.68. The molecule has 2 heterocycles. The van der Waals surface area contributed by atoms with Crippen LogP contribution in [0.2, 0.25) is 5.28 Å². The van der Waals surface area contributed by atoms with Crippen LogP contribution in [0.4, 0.5) is 10.6 Å². The number of hydrogen-bond acceptors (Lipinski definition) is 5. The average molecular weight is 377 g/mol. The van der Waals surface area contributed by atoms with Crippen molar-refractivity contribution in [2.45, 2.75) is 40.2 Å². The number of aromatic nitrogens is 2. The van der Waals surface area contributed by atoms with Crippen molar-refractivity contribution in [2.75, 3.05) is 24.6 Å². The first-order valence-corrected chi connectivity index (χ1v) is 9.23. The Morgan fingerprint density at radius 2 is 2.15 bits per heavy atom. The lowest BCUT2D eigenvalue weighted by atomic mass is 9.99. The maximum atomic E-state index is 13.0. The summed E-state index contributed by atoms with van der Waals surface area (Å²) in [6.07, 6.45) is 0.435. The fourth-order valence-corrected chi connectivity index (χ4v) is 3.17. The zero-order valence-electron chi connectivity index (χ0n) is 15.7. The molecule has 0 saturated carbocycles. The van der Waals surface area contributed by atoms with Gasteiger partial charge in [0.2, 0.25) is 5.28 Å². The molecule has 0 radical (unpaired) electrons. The minimum atomic E-state index is -0.398. The standard InChI is InChI=1S/C19H25ClN4O2/c1-12-5-6-14-15(9-12)22-17(20)23-16(14)24(13-7-8-21-10-13)18(25)26-11-19(2,3)4/h5-6,9,13,21H,7-8,10-11H2,1-4H3/t13-/m1/s1. The maximum absolute atomic E-state index is 13.0. The maximum Gasteiger partial charge on any atom is 0.415 e. The molecular weight excluding hydrogens is 352 g/mol. The molecule has 2 aromatic rings. The predicted octanol–water partition coefficient (Wildman–Crippen LogP) is 3.94. The van der Waals surface area contributed by atoms with Gasteiger partial charge >= 0.3 is 6.09 Å². The van der Waals surface area contributed by atoms with Crippen molar-refractivity contribution < 1.29 is 9.53 Å². The highest BCUT2D eigenvalue weighted by molar-refractivity contribution is 6.29. The van der Waals surface area contributed by atoms with Crippen LogP contribution in [0.1, 0.15) is 32.8 Å². The number of aryl methyl sites for hydroxylation is 1. The molecule has 140 valence electrons. The molecule has 1 saturated heterocycles. The number of ether oxygens (including phenoxy) is 1. The minimum Gasteiger partial charge on any atom is -0.449 e. The minimum absolute atomic E-state index is 0.0297. The zero-order chi connectivity index (χ0) is 18.9. The molecule has 3 rings (SSSR count). The van der Waals surface area contributed by atoms with Gasteiger partial charge in [-0.3, -0.25) is 4.90 Å². The molecule has 0 bridgehead atoms. The average Bonchev–Trinajstić information content (AvgIpc) is 3.06. The van der Waals surface area contributed by atoms with Crippen LogP contribution in [0, 0.1) is 12.3 Å². The molecule has 1 aromatic heterocycles. The molecule has 1 aliphatic heterocycles. The first-order chi connectivity index (χ1) is 12.2. The summed E-state index contributed by atoms with van der Waals surface area (Å²) in [7, 11) is 0. The molecule has 0 spiro atoms. The lowest BCUT2D eigenvalue weighted by molar-refractivity contribution is 0.110. The number of anilines is 1. The number of carbonyl (C=O) groups excluding carboxylic acids is 1. The van der Waals surface area contributed by atoms with Crippen molar-refractivity contribution in [3.8, 4) is 0 Å². The van der Waals surface area contributed by atoms with Crippen molar-refractivity contribution in [3.05, 3.63) is 29.0 Å². The van der Waals surface area contributed by atoms with Gasteiger partial charge in [-0.1, -0.05) is 26.8 Å². The van der Waals surface area contributed by atoms with Crippen LogP contribution in [0.15, 0.2) is 18.2 Å². The van der Waals surface area contributed by atoms with Gasteiger partial charge in [0.25, 0.3) is 0 Å². The van der Waals surface area contributed by atoms with Crippen molar-refractivity contribution in [2.24, 2.45) is 5.41 Å². The number of fused-ring (bicyclic) bond motifs is 1. The third kappa shape index (κ3) is 4.24. The van der Waals surface area contributed by atoms with E-state index in [0.717, 1.165) is 29.4 Å². The summed E-state index contributed by atoms with van der Waals surface area (Å²) in [6.45, 7) is 9.96. The lowest BCUT2D eigenvalue weighted by Crippen LogP contribution is -2.43. The summed E-state index contributed by atoms with van der Waals surface area (Å²) in [5.74, 6) is 0.507. The summed E-state index contributed by atoms with van der Waals surface area (Å²) in [5, 5.41) is 4.21. The normalized spacial score (nSPS) is 17.5. The third-order valence-corrected chi connectivity index (χ3v) is 4.43. The van der Waals surface area contributed by atoms with Crippen molar-refractivity contribution >= 4 is 34.4 Å². The van der Waals surface area contributed by atoms with Crippen LogP contribution in [0.5, 0.6) is 0 Å². The number of halogens is 1. The summed E-state index contributed by atoms with van der Waals surface area (Å²) >= 11 is 6.16. The summed E-state index contributed by atoms with van der Waals surface area (Å²) in [6, 6.07) is 5.83. The quantitative estimate of drug-likeness (QED) is 0.821. The highest BCUT2D eigenvalue weighted by atomic mass is 35.5. The van der Waals surface area contributed by atoms with Crippen LogP contribution in [0.25, 0.3) is 10.9 Å². The molecule has 6 nitrogen and oxygen atoms in total. The number of benzene rings is 1. The summed E-state index contributed by atoms with van der Waals surface area (Å²) in [4.78, 5) is 23.3. The van der Waals surface area contributed by atoms with Crippen molar-refractivity contribution in [1.82, 2.24) is 15.3 Å². The van der Waals surface area contributed by atoms with Crippen LogP contribution in [-0.2, 0) is 4.74 Å². The molecule has 1 atom stereocenters. The Balaban J connectivity index is 2.04. The van der Waals surface area contributed by atoms with E-state index in [1.54, 1.807) is 4.90 Å². The number of amides is 1. The van der Waals surface area contributed by atoms with Gasteiger partial charge in [-0.15, -0.1) is 0 Å². The Kier molecular flexibility index (Phi) is 5.34. The van der Waals surface area contributed by atoms with Crippen LogP contribution < -0.4 is 10.2 Å². The summed E-state index contributed by atoms with van der Waals surface area (Å²) < 4.78 is 5.60. The Hall–Kier alpha value is -1.92. The van der Waals surface area contributed by atoms with E-state index >= 15 is 0 Å². The largest absolute Gasteiger partial charge is 0.449 e. The van der Waals surface area contributed by atoms with Gasteiger partial charge in [0.05, 0.1) is 18.2 Å².